The number of nitrogens with zero attached hydrogens (tertiary/aromatic N) is 2. The van der Waals surface area contributed by atoms with Crippen molar-refractivity contribution < 1.29 is 13.6 Å². The maximum Gasteiger partial charge on any atom is 0.262 e. The van der Waals surface area contributed by atoms with Gasteiger partial charge in [0.05, 0.1) is 11.1 Å². The smallest absolute Gasteiger partial charge is 0.262 e. The van der Waals surface area contributed by atoms with E-state index in [4.69, 9.17) is 0 Å². The van der Waals surface area contributed by atoms with Gasteiger partial charge in [0.15, 0.2) is 5.16 Å². The highest BCUT2D eigenvalue weighted by Crippen LogP contribution is 2.35. The third-order valence-corrected chi connectivity index (χ3v) is 6.68. The summed E-state index contributed by atoms with van der Waals surface area (Å²) >= 11 is 2.58. The molecular formula is C18H15F2N3O2S2. The Morgan fingerprint density at radius 1 is 1.33 bits per heavy atom. The van der Waals surface area contributed by atoms with E-state index in [1.165, 1.54) is 26.8 Å². The van der Waals surface area contributed by atoms with Gasteiger partial charge >= 0.3 is 0 Å². The number of thiophene rings is 1. The summed E-state index contributed by atoms with van der Waals surface area (Å²) < 4.78 is 28.7. The third kappa shape index (κ3) is 3.25. The quantitative estimate of drug-likeness (QED) is 0.531. The van der Waals surface area contributed by atoms with Gasteiger partial charge in [-0.1, -0.05) is 17.8 Å². The number of thioether (sulfide) groups is 1. The summed E-state index contributed by atoms with van der Waals surface area (Å²) in [6, 6.07) is 3.37. The van der Waals surface area contributed by atoms with Gasteiger partial charge in [0.1, 0.15) is 22.2 Å². The molecule has 0 aliphatic heterocycles. The summed E-state index contributed by atoms with van der Waals surface area (Å²) in [5.41, 5.74) is 0.505. The van der Waals surface area contributed by atoms with Gasteiger partial charge in [0, 0.05) is 11.9 Å². The zero-order valence-electron chi connectivity index (χ0n) is 14.3. The molecule has 1 amide bonds. The molecule has 1 aliphatic carbocycles. The topological polar surface area (TPSA) is 64.0 Å². The number of fused-ring (bicyclic) bond motifs is 3. The predicted octanol–water partition coefficient (Wildman–Crippen LogP) is 3.49. The number of anilines is 1. The number of hydrogen-bond acceptors (Lipinski definition) is 5. The van der Waals surface area contributed by atoms with Gasteiger partial charge in [-0.2, -0.15) is 0 Å². The zero-order valence-corrected chi connectivity index (χ0v) is 16.0. The number of carbonyl (C=O) groups is 1. The van der Waals surface area contributed by atoms with Crippen LogP contribution in [0.2, 0.25) is 0 Å². The van der Waals surface area contributed by atoms with Crippen molar-refractivity contribution in [1.82, 2.24) is 9.55 Å². The van der Waals surface area contributed by atoms with Gasteiger partial charge in [-0.25, -0.2) is 13.8 Å². The second kappa shape index (κ2) is 7.05. The van der Waals surface area contributed by atoms with E-state index in [1.54, 1.807) is 7.05 Å². The van der Waals surface area contributed by atoms with Gasteiger partial charge in [0.25, 0.3) is 5.56 Å². The van der Waals surface area contributed by atoms with Gasteiger partial charge in [-0.15, -0.1) is 11.3 Å². The van der Waals surface area contributed by atoms with Crippen molar-refractivity contribution in [2.45, 2.75) is 24.4 Å². The molecule has 0 spiro atoms. The molecule has 0 fully saturated rings. The van der Waals surface area contributed by atoms with Crippen LogP contribution in [0.15, 0.2) is 28.2 Å². The molecule has 1 N–H and O–H groups in total. The largest absolute Gasteiger partial charge is 0.320 e. The summed E-state index contributed by atoms with van der Waals surface area (Å²) in [7, 11) is 1.62. The van der Waals surface area contributed by atoms with Crippen LogP contribution in [0.1, 0.15) is 16.9 Å². The molecule has 27 heavy (non-hydrogen) atoms. The lowest BCUT2D eigenvalue weighted by Crippen LogP contribution is -2.21. The van der Waals surface area contributed by atoms with E-state index in [-0.39, 0.29) is 11.3 Å². The number of hydrogen-bond donors (Lipinski definition) is 1. The SMILES string of the molecule is Cn1c(SCC(=O)Nc2c(F)cccc2F)nc2sc3c(c2c1=O)CCC3. The number of aryl methyl sites for hydroxylation is 2. The summed E-state index contributed by atoms with van der Waals surface area (Å²) in [4.78, 5) is 31.2. The fourth-order valence-electron chi connectivity index (χ4n) is 3.16. The van der Waals surface area contributed by atoms with Gasteiger partial charge in [0.2, 0.25) is 5.91 Å². The van der Waals surface area contributed by atoms with Crippen LogP contribution in [0.3, 0.4) is 0 Å². The third-order valence-electron chi connectivity index (χ3n) is 4.46. The van der Waals surface area contributed by atoms with E-state index in [0.717, 1.165) is 48.7 Å². The van der Waals surface area contributed by atoms with Crippen LogP contribution in [0.5, 0.6) is 0 Å². The van der Waals surface area contributed by atoms with Crippen LogP contribution in [0, 0.1) is 11.6 Å². The summed E-state index contributed by atoms with van der Waals surface area (Å²) in [6.45, 7) is 0. The van der Waals surface area contributed by atoms with Crippen molar-refractivity contribution in [3.05, 3.63) is 50.6 Å². The van der Waals surface area contributed by atoms with Gasteiger partial charge in [-0.3, -0.25) is 14.2 Å². The fourth-order valence-corrected chi connectivity index (χ4v) is 5.23. The van der Waals surface area contributed by atoms with Crippen LogP contribution < -0.4 is 10.9 Å². The Hall–Kier alpha value is -2.26. The van der Waals surface area contributed by atoms with Crippen LogP contribution in [-0.4, -0.2) is 21.2 Å². The maximum absolute atomic E-state index is 13.6. The molecule has 4 rings (SSSR count). The lowest BCUT2D eigenvalue weighted by atomic mass is 10.2. The minimum absolute atomic E-state index is 0.120. The number of aromatic nitrogens is 2. The second-order valence-electron chi connectivity index (χ2n) is 6.23. The monoisotopic (exact) mass is 407 g/mol. The summed E-state index contributed by atoms with van der Waals surface area (Å²) in [5.74, 6) is -2.38. The minimum Gasteiger partial charge on any atom is -0.320 e. The molecule has 5 nitrogen and oxygen atoms in total. The Morgan fingerprint density at radius 2 is 2.07 bits per heavy atom. The number of benzene rings is 1. The van der Waals surface area contributed by atoms with Crippen LogP contribution in [-0.2, 0) is 24.7 Å². The first-order valence-electron chi connectivity index (χ1n) is 8.33. The molecule has 140 valence electrons. The van der Waals surface area contributed by atoms with Crippen molar-refractivity contribution in [2.75, 3.05) is 11.1 Å². The molecule has 0 unspecified atom stereocenters. The van der Waals surface area contributed by atoms with Crippen LogP contribution in [0.4, 0.5) is 14.5 Å². The lowest BCUT2D eigenvalue weighted by molar-refractivity contribution is -0.113. The van der Waals surface area contributed by atoms with Crippen molar-refractivity contribution in [3.8, 4) is 0 Å². The lowest BCUT2D eigenvalue weighted by Gasteiger charge is -2.09. The Kier molecular flexibility index (Phi) is 4.73. The van der Waals surface area contributed by atoms with E-state index in [0.29, 0.717) is 15.4 Å². The molecule has 0 bridgehead atoms. The van der Waals surface area contributed by atoms with E-state index in [2.05, 4.69) is 10.3 Å². The Morgan fingerprint density at radius 3 is 2.81 bits per heavy atom. The zero-order chi connectivity index (χ0) is 19.1. The summed E-state index contributed by atoms with van der Waals surface area (Å²) in [6.07, 6.45) is 2.93. The average molecular weight is 407 g/mol. The molecule has 2 heterocycles. The molecular weight excluding hydrogens is 392 g/mol. The Balaban J connectivity index is 1.55. The molecule has 0 saturated heterocycles. The van der Waals surface area contributed by atoms with E-state index >= 15 is 0 Å². The first-order chi connectivity index (χ1) is 13.0. The predicted molar refractivity (Wildman–Crippen MR) is 103 cm³/mol. The van der Waals surface area contributed by atoms with E-state index in [9.17, 15) is 18.4 Å². The highest BCUT2D eigenvalue weighted by molar-refractivity contribution is 7.99. The van der Waals surface area contributed by atoms with Crippen LogP contribution >= 0.6 is 23.1 Å². The fraction of sp³-hybridized carbons (Fsp3) is 0.278. The molecule has 3 aromatic rings. The normalized spacial score (nSPS) is 13.1. The van der Waals surface area contributed by atoms with Crippen molar-refractivity contribution in [3.63, 3.8) is 0 Å². The Labute approximate surface area is 161 Å². The average Bonchev–Trinajstić information content (AvgIpc) is 3.21. The second-order valence-corrected chi connectivity index (χ2v) is 8.26. The van der Waals surface area contributed by atoms with E-state index < -0.39 is 23.2 Å². The maximum atomic E-state index is 13.6. The number of halogens is 2. The van der Waals surface area contributed by atoms with Crippen LogP contribution in [0.25, 0.3) is 10.2 Å². The van der Waals surface area contributed by atoms with Crippen molar-refractivity contribution >= 4 is 44.9 Å². The molecule has 1 aromatic carbocycles. The molecule has 1 aliphatic rings. The number of para-hydroxylation sites is 1. The standard InChI is InChI=1S/C18H15F2N3O2S2/c1-23-17(25)14-9-4-2-7-12(9)27-16(14)22-18(23)26-8-13(24)21-15-10(19)5-3-6-11(15)20/h3,5-6H,2,4,7-8H2,1H3,(H,21,24). The van der Waals surface area contributed by atoms with Gasteiger partial charge in [-0.05, 0) is 37.0 Å². The molecule has 9 heteroatoms. The van der Waals surface area contributed by atoms with E-state index in [1.807, 2.05) is 0 Å². The molecule has 2 aromatic heterocycles. The number of carbonyl (C=O) groups excluding carboxylic acids is 1. The Bertz CT molecular complexity index is 1100. The first kappa shape index (κ1) is 18.1. The molecule has 0 saturated carbocycles. The highest BCUT2D eigenvalue weighted by Gasteiger charge is 2.22. The minimum atomic E-state index is -0.839. The highest BCUT2D eigenvalue weighted by atomic mass is 32.2. The summed E-state index contributed by atoms with van der Waals surface area (Å²) in [5, 5.41) is 3.31. The molecule has 0 radical (unpaired) electrons. The molecule has 0 atom stereocenters. The van der Waals surface area contributed by atoms with Gasteiger partial charge < -0.3 is 5.32 Å². The van der Waals surface area contributed by atoms with Crippen molar-refractivity contribution in [2.24, 2.45) is 7.05 Å². The number of amides is 1. The van der Waals surface area contributed by atoms with Crippen molar-refractivity contribution in [1.29, 1.82) is 0 Å². The number of rotatable bonds is 4. The first-order valence-corrected chi connectivity index (χ1v) is 10.1. The number of nitrogens with one attached hydrogen (secondary N) is 1.